The SMILES string of the molecule is O.P.[Ce].[V]. The predicted molar refractivity (Wildman–Crippen MR) is 14.7 cm³/mol. The summed E-state index contributed by atoms with van der Waals surface area (Å²) < 4.78 is 0. The Morgan fingerprint density at radius 2 is 1.00 bits per heavy atom. The molecule has 0 rings (SSSR count). The van der Waals surface area contributed by atoms with Gasteiger partial charge in [0.15, 0.2) is 0 Å². The third-order valence-electron chi connectivity index (χ3n) is 0. The molecule has 2 N–H and O–H groups in total. The molecule has 0 heterocycles. The largest absolute Gasteiger partial charge is 0.412 e. The van der Waals surface area contributed by atoms with E-state index in [0.29, 0.717) is 0 Å². The van der Waals surface area contributed by atoms with Gasteiger partial charge in [-0.2, -0.15) is 9.90 Å². The van der Waals surface area contributed by atoms with Gasteiger partial charge in [0.2, 0.25) is 0 Å². The van der Waals surface area contributed by atoms with Crippen molar-refractivity contribution in [3.8, 4) is 0 Å². The third-order valence-corrected chi connectivity index (χ3v) is 0. The zero-order chi connectivity index (χ0) is 0. The third kappa shape index (κ3) is 8.84. The van der Waals surface area contributed by atoms with Crippen LogP contribution in [0, 0.1) is 41.7 Å². The van der Waals surface area contributed by atoms with Crippen molar-refractivity contribution in [2.24, 2.45) is 0 Å². The molecular weight excluding hydrogens is 238 g/mol. The van der Waals surface area contributed by atoms with E-state index in [-0.39, 0.29) is 75.7 Å². The molecule has 0 fully saturated rings. The normalized spacial score (nSPS) is 0. The van der Waals surface area contributed by atoms with E-state index >= 15 is 0 Å². The van der Waals surface area contributed by atoms with E-state index in [1.165, 1.54) is 0 Å². The second kappa shape index (κ2) is 18.3. The first-order chi connectivity index (χ1) is 0. The fourth-order valence-corrected chi connectivity index (χ4v) is 0. The van der Waals surface area contributed by atoms with Gasteiger partial charge in [0.25, 0.3) is 0 Å². The Kier molecular flexibility index (Phi) is 151. The van der Waals surface area contributed by atoms with Gasteiger partial charge in [0.1, 0.15) is 0 Å². The van der Waals surface area contributed by atoms with Crippen molar-refractivity contribution in [2.45, 2.75) is 0 Å². The van der Waals surface area contributed by atoms with Crippen molar-refractivity contribution in [2.75, 3.05) is 0 Å². The maximum Gasteiger partial charge on any atom is 0 e. The van der Waals surface area contributed by atoms with Crippen LogP contribution < -0.4 is 0 Å². The molecule has 0 aliphatic carbocycles. The summed E-state index contributed by atoms with van der Waals surface area (Å²) in [5, 5.41) is 0. The number of rotatable bonds is 0. The maximum absolute atomic E-state index is 0. The van der Waals surface area contributed by atoms with Crippen molar-refractivity contribution in [1.29, 1.82) is 0 Å². The smallest absolute Gasteiger partial charge is 0 e. The molecular formula is H5CeOPV. The van der Waals surface area contributed by atoms with Crippen LogP contribution in [0.25, 0.3) is 0 Å². The van der Waals surface area contributed by atoms with Crippen LogP contribution in [0.15, 0.2) is 0 Å². The van der Waals surface area contributed by atoms with E-state index in [9.17, 15) is 0 Å². The predicted octanol–water partition coefficient (Wildman–Crippen LogP) is -0.769. The summed E-state index contributed by atoms with van der Waals surface area (Å²) in [7, 11) is 0. The summed E-state index contributed by atoms with van der Waals surface area (Å²) in [5.41, 5.74) is 0. The van der Waals surface area contributed by atoms with E-state index in [4.69, 9.17) is 0 Å². The van der Waals surface area contributed by atoms with E-state index in [1.54, 1.807) is 0 Å². The van der Waals surface area contributed by atoms with Crippen molar-refractivity contribution < 1.29 is 65.8 Å². The summed E-state index contributed by atoms with van der Waals surface area (Å²) in [4.78, 5) is 0. The molecule has 4 heavy (non-hydrogen) atoms. The molecule has 1 atom stereocenters. The molecule has 1 radical (unpaired) electrons. The molecule has 0 bridgehead atoms. The van der Waals surface area contributed by atoms with E-state index < -0.39 is 0 Å². The first kappa shape index (κ1) is 32.9. The van der Waals surface area contributed by atoms with Crippen LogP contribution in [0.5, 0.6) is 0 Å². The summed E-state index contributed by atoms with van der Waals surface area (Å²) in [6.45, 7) is 0. The standard InChI is InChI=1S/Ce.H2O.H3P.V/h;1H2;1H3;. The fourth-order valence-electron chi connectivity index (χ4n) is 0. The van der Waals surface area contributed by atoms with Crippen LogP contribution in [0.3, 0.4) is 0 Å². The van der Waals surface area contributed by atoms with Gasteiger partial charge in [-0.1, -0.05) is 0 Å². The van der Waals surface area contributed by atoms with Gasteiger partial charge in [0, 0.05) is 60.3 Å². The average Bonchev–Trinajstić information content (AvgIpc) is 0. The van der Waals surface area contributed by atoms with Crippen molar-refractivity contribution in [3.05, 3.63) is 0 Å². The Hall–Kier alpha value is 2.35. The Morgan fingerprint density at radius 3 is 1.00 bits per heavy atom. The molecule has 0 aromatic carbocycles. The minimum Gasteiger partial charge on any atom is -0.412 e. The molecule has 0 aliphatic heterocycles. The van der Waals surface area contributed by atoms with Gasteiger partial charge in [-0.05, 0) is 0 Å². The zero-order valence-corrected chi connectivity index (χ0v) is 8.11. The first-order valence-electron chi connectivity index (χ1n) is 0. The summed E-state index contributed by atoms with van der Waals surface area (Å²) in [5.74, 6) is 0. The molecule has 0 aromatic heterocycles. The van der Waals surface area contributed by atoms with Crippen LogP contribution in [-0.2, 0) is 18.6 Å². The van der Waals surface area contributed by atoms with Gasteiger partial charge in [-0.25, -0.2) is 0 Å². The summed E-state index contributed by atoms with van der Waals surface area (Å²) in [6, 6.07) is 0. The van der Waals surface area contributed by atoms with E-state index in [0.717, 1.165) is 0 Å². The van der Waals surface area contributed by atoms with Gasteiger partial charge >= 0.3 is 0 Å². The molecule has 4 heteroatoms. The minimum atomic E-state index is 0. The van der Waals surface area contributed by atoms with Gasteiger partial charge in [-0.15, -0.1) is 0 Å². The molecule has 1 unspecified atom stereocenters. The monoisotopic (exact) mass is 243 g/mol. The second-order valence-corrected chi connectivity index (χ2v) is 0. The summed E-state index contributed by atoms with van der Waals surface area (Å²) >= 11 is 0. The maximum atomic E-state index is 0. The average molecular weight is 243 g/mol. The van der Waals surface area contributed by atoms with Crippen LogP contribution in [0.4, 0.5) is 0 Å². The van der Waals surface area contributed by atoms with Crippen molar-refractivity contribution in [1.82, 2.24) is 0 Å². The topological polar surface area (TPSA) is 31.5 Å². The molecule has 25 valence electrons. The number of hydrogen-bond acceptors (Lipinski definition) is 0. The molecule has 0 saturated carbocycles. The number of hydrogen-bond donors (Lipinski definition) is 0. The van der Waals surface area contributed by atoms with Gasteiger partial charge in [-0.3, -0.25) is 0 Å². The Morgan fingerprint density at radius 1 is 1.00 bits per heavy atom. The van der Waals surface area contributed by atoms with Crippen LogP contribution in [0.1, 0.15) is 0 Å². The van der Waals surface area contributed by atoms with Gasteiger partial charge < -0.3 is 5.48 Å². The van der Waals surface area contributed by atoms with Crippen molar-refractivity contribution in [3.63, 3.8) is 0 Å². The van der Waals surface area contributed by atoms with Crippen LogP contribution >= 0.6 is 9.90 Å². The summed E-state index contributed by atoms with van der Waals surface area (Å²) in [6.07, 6.45) is 0. The fraction of sp³-hybridized carbons (Fsp3) is 0. The van der Waals surface area contributed by atoms with Crippen molar-refractivity contribution >= 4 is 9.90 Å². The molecule has 1 nitrogen and oxygen atoms in total. The van der Waals surface area contributed by atoms with E-state index in [1.807, 2.05) is 0 Å². The molecule has 0 saturated heterocycles. The van der Waals surface area contributed by atoms with E-state index in [2.05, 4.69) is 0 Å². The van der Waals surface area contributed by atoms with Crippen LogP contribution in [-0.4, -0.2) is 5.48 Å². The zero-order valence-electron chi connectivity index (χ0n) is 2.15. The molecule has 0 spiro atoms. The second-order valence-electron chi connectivity index (χ2n) is 0. The molecule has 0 aromatic rings. The van der Waals surface area contributed by atoms with Gasteiger partial charge in [0.05, 0.1) is 0 Å². The first-order valence-corrected chi connectivity index (χ1v) is 0. The Bertz CT molecular complexity index is 8.00. The van der Waals surface area contributed by atoms with Crippen LogP contribution in [0.2, 0.25) is 0 Å². The quantitative estimate of drug-likeness (QED) is 0.500. The minimum absolute atomic E-state index is 0. The Balaban J connectivity index is 0. The molecule has 0 aliphatic rings. The molecule has 0 amide bonds. The Labute approximate surface area is 74.5 Å².